The number of halogens is 1. The maximum atomic E-state index is 5.84. The minimum atomic E-state index is 0.0899. The zero-order valence-corrected chi connectivity index (χ0v) is 11.2. The predicted octanol–water partition coefficient (Wildman–Crippen LogP) is 3.32. The number of benzene rings is 1. The molecule has 0 saturated heterocycles. The van der Waals surface area contributed by atoms with Gasteiger partial charge in [-0.05, 0) is 54.4 Å². The van der Waals surface area contributed by atoms with E-state index >= 15 is 0 Å². The third-order valence-electron chi connectivity index (χ3n) is 2.60. The highest BCUT2D eigenvalue weighted by Crippen LogP contribution is 2.28. The molecule has 0 aromatic heterocycles. The number of nitrogens with two attached hydrogens (primary N) is 1. The van der Waals surface area contributed by atoms with Gasteiger partial charge in [0.05, 0.1) is 5.69 Å². The fourth-order valence-corrected chi connectivity index (χ4v) is 2.27. The van der Waals surface area contributed by atoms with Gasteiger partial charge >= 0.3 is 0 Å². The van der Waals surface area contributed by atoms with Crippen molar-refractivity contribution in [1.29, 1.82) is 0 Å². The van der Waals surface area contributed by atoms with E-state index in [1.54, 1.807) is 0 Å². The summed E-state index contributed by atoms with van der Waals surface area (Å²) in [5.41, 5.74) is 8.24. The average molecular weight is 271 g/mol. The summed E-state index contributed by atoms with van der Waals surface area (Å²) in [5, 5.41) is 0. The molecule has 0 unspecified atom stereocenters. The molecule has 0 spiro atoms. The van der Waals surface area contributed by atoms with Gasteiger partial charge in [0.2, 0.25) is 0 Å². The fourth-order valence-electron chi connectivity index (χ4n) is 1.63. The monoisotopic (exact) mass is 270 g/mol. The van der Waals surface area contributed by atoms with Crippen molar-refractivity contribution < 1.29 is 0 Å². The Kier molecular flexibility index (Phi) is 4.61. The molecule has 0 radical (unpaired) electrons. The van der Waals surface area contributed by atoms with Gasteiger partial charge in [0.15, 0.2) is 0 Å². The second-order valence-electron chi connectivity index (χ2n) is 3.67. The zero-order valence-electron chi connectivity index (χ0n) is 9.63. The molecule has 0 amide bonds. The first-order valence-corrected chi connectivity index (χ1v) is 6.19. The first-order chi connectivity index (χ1) is 7.10. The first-order valence-electron chi connectivity index (χ1n) is 5.40. The maximum absolute atomic E-state index is 5.84. The summed E-state index contributed by atoms with van der Waals surface area (Å²) in [5.74, 6) is 0. The molecular formula is C12H19BrN2. The summed E-state index contributed by atoms with van der Waals surface area (Å²) >= 11 is 3.60. The van der Waals surface area contributed by atoms with Crippen molar-refractivity contribution in [3.05, 3.63) is 28.2 Å². The van der Waals surface area contributed by atoms with Crippen molar-refractivity contribution in [2.24, 2.45) is 5.73 Å². The van der Waals surface area contributed by atoms with Crippen LogP contribution in [0.3, 0.4) is 0 Å². The molecule has 84 valence electrons. The highest BCUT2D eigenvalue weighted by atomic mass is 79.9. The second kappa shape index (κ2) is 5.52. The van der Waals surface area contributed by atoms with E-state index in [4.69, 9.17) is 5.73 Å². The topological polar surface area (TPSA) is 29.3 Å². The minimum Gasteiger partial charge on any atom is -0.371 e. The van der Waals surface area contributed by atoms with Crippen molar-refractivity contribution >= 4 is 21.6 Å². The molecule has 2 nitrogen and oxygen atoms in total. The van der Waals surface area contributed by atoms with Crippen LogP contribution in [0.25, 0.3) is 0 Å². The molecule has 0 bridgehead atoms. The number of anilines is 1. The van der Waals surface area contributed by atoms with E-state index < -0.39 is 0 Å². The van der Waals surface area contributed by atoms with E-state index in [1.807, 2.05) is 6.92 Å². The Morgan fingerprint density at radius 2 is 1.93 bits per heavy atom. The second-order valence-corrected chi connectivity index (χ2v) is 4.53. The van der Waals surface area contributed by atoms with Gasteiger partial charge in [-0.2, -0.15) is 0 Å². The quantitative estimate of drug-likeness (QED) is 0.910. The van der Waals surface area contributed by atoms with E-state index in [-0.39, 0.29) is 6.04 Å². The lowest BCUT2D eigenvalue weighted by Gasteiger charge is -2.23. The van der Waals surface area contributed by atoms with Crippen LogP contribution in [-0.2, 0) is 0 Å². The van der Waals surface area contributed by atoms with Crippen LogP contribution in [0.15, 0.2) is 22.7 Å². The molecule has 1 rings (SSSR count). The van der Waals surface area contributed by atoms with Crippen LogP contribution in [0.5, 0.6) is 0 Å². The molecule has 2 N–H and O–H groups in total. The Labute approximate surface area is 101 Å². The third-order valence-corrected chi connectivity index (χ3v) is 3.24. The third kappa shape index (κ3) is 2.95. The van der Waals surface area contributed by atoms with Crippen LogP contribution in [0, 0.1) is 0 Å². The van der Waals surface area contributed by atoms with Gasteiger partial charge in [-0.1, -0.05) is 6.07 Å². The summed E-state index contributed by atoms with van der Waals surface area (Å²) < 4.78 is 1.13. The predicted molar refractivity (Wildman–Crippen MR) is 70.3 cm³/mol. The van der Waals surface area contributed by atoms with Crippen molar-refractivity contribution in [1.82, 2.24) is 0 Å². The van der Waals surface area contributed by atoms with Crippen LogP contribution in [0.1, 0.15) is 32.4 Å². The van der Waals surface area contributed by atoms with E-state index in [1.165, 1.54) is 5.69 Å². The lowest BCUT2D eigenvalue weighted by atomic mass is 10.1. The van der Waals surface area contributed by atoms with Gasteiger partial charge in [-0.25, -0.2) is 0 Å². The molecule has 1 atom stereocenters. The summed E-state index contributed by atoms with van der Waals surface area (Å²) in [7, 11) is 0. The van der Waals surface area contributed by atoms with Gasteiger partial charge in [0, 0.05) is 23.6 Å². The number of nitrogens with zero attached hydrogens (tertiary/aromatic N) is 1. The van der Waals surface area contributed by atoms with Crippen LogP contribution < -0.4 is 10.6 Å². The van der Waals surface area contributed by atoms with Crippen molar-refractivity contribution in [2.45, 2.75) is 26.8 Å². The lowest BCUT2D eigenvalue weighted by molar-refractivity contribution is 0.813. The lowest BCUT2D eigenvalue weighted by Crippen LogP contribution is -2.22. The van der Waals surface area contributed by atoms with Crippen molar-refractivity contribution in [3.8, 4) is 0 Å². The van der Waals surface area contributed by atoms with Gasteiger partial charge in [0.25, 0.3) is 0 Å². The molecule has 0 aliphatic heterocycles. The molecule has 0 heterocycles. The Balaban J connectivity index is 3.02. The molecule has 0 aliphatic carbocycles. The molecule has 0 saturated carbocycles. The summed E-state index contributed by atoms with van der Waals surface area (Å²) in [6, 6.07) is 6.43. The molecule has 0 aliphatic rings. The van der Waals surface area contributed by atoms with Crippen molar-refractivity contribution in [2.75, 3.05) is 18.0 Å². The average Bonchev–Trinajstić information content (AvgIpc) is 2.21. The zero-order chi connectivity index (χ0) is 11.4. The largest absolute Gasteiger partial charge is 0.371 e. The van der Waals surface area contributed by atoms with Crippen LogP contribution >= 0.6 is 15.9 Å². The van der Waals surface area contributed by atoms with E-state index in [9.17, 15) is 0 Å². The highest BCUT2D eigenvalue weighted by molar-refractivity contribution is 9.10. The van der Waals surface area contributed by atoms with E-state index in [0.29, 0.717) is 0 Å². The smallest absolute Gasteiger partial charge is 0.0510 e. The highest BCUT2D eigenvalue weighted by Gasteiger charge is 2.08. The van der Waals surface area contributed by atoms with Crippen LogP contribution in [0.4, 0.5) is 5.69 Å². The van der Waals surface area contributed by atoms with Gasteiger partial charge in [-0.3, -0.25) is 0 Å². The van der Waals surface area contributed by atoms with Gasteiger partial charge < -0.3 is 10.6 Å². The molecule has 3 heteroatoms. The number of hydrogen-bond acceptors (Lipinski definition) is 2. The number of hydrogen-bond donors (Lipinski definition) is 1. The van der Waals surface area contributed by atoms with E-state index in [2.05, 4.69) is 52.9 Å². The summed E-state index contributed by atoms with van der Waals surface area (Å²) in [6.07, 6.45) is 0. The Morgan fingerprint density at radius 1 is 1.33 bits per heavy atom. The molecule has 1 aromatic rings. The fraction of sp³-hybridized carbons (Fsp3) is 0.500. The van der Waals surface area contributed by atoms with Crippen molar-refractivity contribution in [3.63, 3.8) is 0 Å². The molecular weight excluding hydrogens is 252 g/mol. The van der Waals surface area contributed by atoms with E-state index in [0.717, 1.165) is 23.1 Å². The summed E-state index contributed by atoms with van der Waals surface area (Å²) in [4.78, 5) is 2.31. The normalized spacial score (nSPS) is 12.6. The summed E-state index contributed by atoms with van der Waals surface area (Å²) in [6.45, 7) is 8.36. The molecule has 15 heavy (non-hydrogen) atoms. The van der Waals surface area contributed by atoms with Crippen LogP contribution in [-0.4, -0.2) is 13.1 Å². The Hall–Kier alpha value is -0.540. The first kappa shape index (κ1) is 12.5. The Bertz CT molecular complexity index is 319. The minimum absolute atomic E-state index is 0.0899. The van der Waals surface area contributed by atoms with Crippen LogP contribution in [0.2, 0.25) is 0 Å². The maximum Gasteiger partial charge on any atom is 0.0510 e. The van der Waals surface area contributed by atoms with Gasteiger partial charge in [-0.15, -0.1) is 0 Å². The molecule has 0 fully saturated rings. The Morgan fingerprint density at radius 3 is 2.33 bits per heavy atom. The number of rotatable bonds is 4. The standard InChI is InChI=1S/C12H19BrN2/c1-4-15(5-2)12-7-6-10(9(3)14)8-11(12)13/h6-9H,4-5,14H2,1-3H3/t9-/m0/s1. The molecule has 1 aromatic carbocycles. The SMILES string of the molecule is CCN(CC)c1ccc([C@H](C)N)cc1Br. The van der Waals surface area contributed by atoms with Gasteiger partial charge in [0.1, 0.15) is 0 Å².